The zero-order valence-corrected chi connectivity index (χ0v) is 9.85. The molecule has 0 bridgehead atoms. The molecule has 84 valence electrons. The molecule has 4 heteroatoms. The van der Waals surface area contributed by atoms with Gasteiger partial charge in [0, 0.05) is 12.2 Å². The van der Waals surface area contributed by atoms with Gasteiger partial charge in [0.15, 0.2) is 0 Å². The van der Waals surface area contributed by atoms with Crippen LogP contribution < -0.4 is 5.73 Å². The van der Waals surface area contributed by atoms with Gasteiger partial charge in [-0.3, -0.25) is 0 Å². The third kappa shape index (κ3) is 2.62. The summed E-state index contributed by atoms with van der Waals surface area (Å²) in [5.41, 5.74) is 7.98. The SMILES string of the molecule is CC(N)Cc1ccc(-n2cc(Cl)cn2)cc1. The molecule has 16 heavy (non-hydrogen) atoms. The van der Waals surface area contributed by atoms with Gasteiger partial charge in [-0.2, -0.15) is 5.10 Å². The number of hydrogen-bond acceptors (Lipinski definition) is 2. The fraction of sp³-hybridized carbons (Fsp3) is 0.250. The van der Waals surface area contributed by atoms with Gasteiger partial charge in [-0.25, -0.2) is 4.68 Å². The highest BCUT2D eigenvalue weighted by molar-refractivity contribution is 6.30. The lowest BCUT2D eigenvalue weighted by atomic mass is 10.1. The quantitative estimate of drug-likeness (QED) is 0.888. The minimum atomic E-state index is 0.185. The van der Waals surface area contributed by atoms with Gasteiger partial charge in [0.1, 0.15) is 0 Å². The molecule has 0 amide bonds. The average Bonchev–Trinajstić information content (AvgIpc) is 2.65. The zero-order chi connectivity index (χ0) is 11.5. The number of halogens is 1. The number of aromatic nitrogens is 2. The summed E-state index contributed by atoms with van der Waals surface area (Å²) >= 11 is 5.81. The first-order chi connectivity index (χ1) is 7.65. The van der Waals surface area contributed by atoms with E-state index in [1.807, 2.05) is 19.1 Å². The van der Waals surface area contributed by atoms with Crippen LogP contribution in [-0.4, -0.2) is 15.8 Å². The molecule has 0 radical (unpaired) electrons. The van der Waals surface area contributed by atoms with Crippen molar-refractivity contribution < 1.29 is 0 Å². The lowest BCUT2D eigenvalue weighted by Crippen LogP contribution is -2.17. The van der Waals surface area contributed by atoms with Crippen LogP contribution in [0.3, 0.4) is 0 Å². The Morgan fingerprint density at radius 1 is 1.38 bits per heavy atom. The smallest absolute Gasteiger partial charge is 0.0790 e. The molecule has 1 atom stereocenters. The molecule has 1 heterocycles. The topological polar surface area (TPSA) is 43.8 Å². The van der Waals surface area contributed by atoms with E-state index in [0.29, 0.717) is 5.02 Å². The van der Waals surface area contributed by atoms with Gasteiger partial charge in [-0.1, -0.05) is 23.7 Å². The summed E-state index contributed by atoms with van der Waals surface area (Å²) in [6.07, 6.45) is 4.29. The Morgan fingerprint density at radius 3 is 2.56 bits per heavy atom. The normalized spacial score (nSPS) is 12.7. The van der Waals surface area contributed by atoms with Crippen LogP contribution in [-0.2, 0) is 6.42 Å². The van der Waals surface area contributed by atoms with Gasteiger partial charge >= 0.3 is 0 Å². The molecule has 2 N–H and O–H groups in total. The van der Waals surface area contributed by atoms with E-state index >= 15 is 0 Å². The first-order valence-corrected chi connectivity index (χ1v) is 5.58. The standard InChI is InChI=1S/C12H14ClN3/c1-9(14)6-10-2-4-12(5-3-10)16-8-11(13)7-15-16/h2-5,7-9H,6,14H2,1H3. The van der Waals surface area contributed by atoms with Crippen LogP contribution in [0.5, 0.6) is 0 Å². The summed E-state index contributed by atoms with van der Waals surface area (Å²) in [4.78, 5) is 0. The second-order valence-electron chi connectivity index (χ2n) is 3.95. The van der Waals surface area contributed by atoms with Crippen LogP contribution >= 0.6 is 11.6 Å². The van der Waals surface area contributed by atoms with Gasteiger partial charge in [-0.15, -0.1) is 0 Å². The van der Waals surface area contributed by atoms with E-state index < -0.39 is 0 Å². The largest absolute Gasteiger partial charge is 0.328 e. The minimum Gasteiger partial charge on any atom is -0.328 e. The van der Waals surface area contributed by atoms with Crippen LogP contribution in [0.25, 0.3) is 5.69 Å². The molecule has 3 nitrogen and oxygen atoms in total. The van der Waals surface area contributed by atoms with Crippen molar-refractivity contribution in [1.29, 1.82) is 0 Å². The molecule has 2 aromatic rings. The van der Waals surface area contributed by atoms with Crippen molar-refractivity contribution in [2.45, 2.75) is 19.4 Å². The fourth-order valence-electron chi connectivity index (χ4n) is 1.60. The molecule has 0 aliphatic carbocycles. The predicted molar refractivity (Wildman–Crippen MR) is 65.9 cm³/mol. The summed E-state index contributed by atoms with van der Waals surface area (Å²) in [7, 11) is 0. The lowest BCUT2D eigenvalue weighted by molar-refractivity contribution is 0.737. The third-order valence-electron chi connectivity index (χ3n) is 2.31. The molecule has 0 spiro atoms. The second kappa shape index (κ2) is 4.68. The summed E-state index contributed by atoms with van der Waals surface area (Å²) in [5, 5.41) is 4.78. The maximum Gasteiger partial charge on any atom is 0.0790 e. The molecule has 2 rings (SSSR count). The number of benzene rings is 1. The summed E-state index contributed by atoms with van der Waals surface area (Å²) in [5.74, 6) is 0. The molecule has 0 saturated carbocycles. The molecule has 1 aromatic heterocycles. The number of nitrogens with two attached hydrogens (primary N) is 1. The second-order valence-corrected chi connectivity index (χ2v) is 4.39. The first kappa shape index (κ1) is 11.2. The highest BCUT2D eigenvalue weighted by Gasteiger charge is 2.01. The maximum absolute atomic E-state index is 5.81. The summed E-state index contributed by atoms with van der Waals surface area (Å²) < 4.78 is 1.75. The van der Waals surface area contributed by atoms with Crippen molar-refractivity contribution in [2.24, 2.45) is 5.73 Å². The van der Waals surface area contributed by atoms with Crippen molar-refractivity contribution in [2.75, 3.05) is 0 Å². The van der Waals surface area contributed by atoms with Crippen LogP contribution in [0.2, 0.25) is 5.02 Å². The summed E-state index contributed by atoms with van der Waals surface area (Å²) in [6.45, 7) is 2.00. The first-order valence-electron chi connectivity index (χ1n) is 5.20. The van der Waals surface area contributed by atoms with E-state index in [4.69, 9.17) is 17.3 Å². The average molecular weight is 236 g/mol. The van der Waals surface area contributed by atoms with Crippen molar-refractivity contribution in [3.05, 3.63) is 47.2 Å². The van der Waals surface area contributed by atoms with Crippen molar-refractivity contribution >= 4 is 11.6 Å². The molecule has 0 saturated heterocycles. The number of nitrogens with zero attached hydrogens (tertiary/aromatic N) is 2. The monoisotopic (exact) mass is 235 g/mol. The van der Waals surface area contributed by atoms with E-state index in [9.17, 15) is 0 Å². The van der Waals surface area contributed by atoms with E-state index in [0.717, 1.165) is 12.1 Å². The van der Waals surface area contributed by atoms with Gasteiger partial charge in [-0.05, 0) is 31.0 Å². The Hall–Kier alpha value is -1.32. The molecular weight excluding hydrogens is 222 g/mol. The third-order valence-corrected chi connectivity index (χ3v) is 2.50. The van der Waals surface area contributed by atoms with Crippen molar-refractivity contribution in [3.63, 3.8) is 0 Å². The summed E-state index contributed by atoms with van der Waals surface area (Å²) in [6, 6.07) is 8.34. The Kier molecular flexibility index (Phi) is 3.27. The van der Waals surface area contributed by atoms with Crippen LogP contribution in [0.1, 0.15) is 12.5 Å². The number of rotatable bonds is 3. The zero-order valence-electron chi connectivity index (χ0n) is 9.10. The highest BCUT2D eigenvalue weighted by Crippen LogP contribution is 2.13. The minimum absolute atomic E-state index is 0.185. The van der Waals surface area contributed by atoms with Gasteiger partial charge in [0.05, 0.1) is 16.9 Å². The van der Waals surface area contributed by atoms with Crippen LogP contribution in [0.4, 0.5) is 0 Å². The highest BCUT2D eigenvalue weighted by atomic mass is 35.5. The van der Waals surface area contributed by atoms with Gasteiger partial charge in [0.2, 0.25) is 0 Å². The van der Waals surface area contributed by atoms with Crippen molar-refractivity contribution in [1.82, 2.24) is 9.78 Å². The molecule has 1 aromatic carbocycles. The van der Waals surface area contributed by atoms with E-state index in [2.05, 4.69) is 17.2 Å². The van der Waals surface area contributed by atoms with Gasteiger partial charge in [0.25, 0.3) is 0 Å². The predicted octanol–water partition coefficient (Wildman–Crippen LogP) is 2.42. The van der Waals surface area contributed by atoms with Gasteiger partial charge < -0.3 is 5.73 Å². The van der Waals surface area contributed by atoms with Crippen LogP contribution in [0, 0.1) is 0 Å². The fourth-order valence-corrected chi connectivity index (χ4v) is 1.73. The molecule has 0 aliphatic heterocycles. The molecule has 1 unspecified atom stereocenters. The molecule has 0 fully saturated rings. The molecular formula is C12H14ClN3. The van der Waals surface area contributed by atoms with Crippen LogP contribution in [0.15, 0.2) is 36.7 Å². The maximum atomic E-state index is 5.81. The Labute approximate surface area is 99.8 Å². The number of hydrogen-bond donors (Lipinski definition) is 1. The van der Waals surface area contributed by atoms with E-state index in [1.165, 1.54) is 5.56 Å². The van der Waals surface area contributed by atoms with Crippen molar-refractivity contribution in [3.8, 4) is 5.69 Å². The Balaban J connectivity index is 2.19. The molecule has 0 aliphatic rings. The Bertz CT molecular complexity index is 459. The Morgan fingerprint density at radius 2 is 2.06 bits per heavy atom. The van der Waals surface area contributed by atoms with E-state index in [-0.39, 0.29) is 6.04 Å². The lowest BCUT2D eigenvalue weighted by Gasteiger charge is -2.06. The van der Waals surface area contributed by atoms with E-state index in [1.54, 1.807) is 17.1 Å².